The lowest BCUT2D eigenvalue weighted by Gasteiger charge is -2.12. The monoisotopic (exact) mass is 354 g/mol. The number of carbonyl (C=O) groups is 1. The highest BCUT2D eigenvalue weighted by molar-refractivity contribution is 5.94. The Morgan fingerprint density at radius 2 is 1.69 bits per heavy atom. The Morgan fingerprint density at radius 3 is 2.38 bits per heavy atom. The molecule has 0 fully saturated rings. The molecule has 0 saturated carbocycles. The number of carbonyl (C=O) groups excluding carboxylic acids is 1. The van der Waals surface area contributed by atoms with Crippen LogP contribution in [0, 0.1) is 0 Å². The van der Waals surface area contributed by atoms with Gasteiger partial charge >= 0.3 is 0 Å². The lowest BCUT2D eigenvalue weighted by atomic mass is 10.3. The second-order valence-electron chi connectivity index (χ2n) is 5.55. The van der Waals surface area contributed by atoms with Crippen molar-refractivity contribution in [3.8, 4) is 5.75 Å². The summed E-state index contributed by atoms with van der Waals surface area (Å²) in [6.07, 6.45) is 0.829. The number of hydrogen-bond acceptors (Lipinski definition) is 3. The van der Waals surface area contributed by atoms with Crippen LogP contribution in [-0.2, 0) is 4.79 Å². The fourth-order valence-electron chi connectivity index (χ4n) is 2.20. The number of hydrogen-bond donors (Lipinski definition) is 3. The molecule has 0 unspecified atom stereocenters. The summed E-state index contributed by atoms with van der Waals surface area (Å²) in [5.74, 6) is 1.34. The van der Waals surface area contributed by atoms with E-state index in [9.17, 15) is 4.79 Å². The predicted octanol–water partition coefficient (Wildman–Crippen LogP) is 2.65. The smallest absolute Gasteiger partial charge is 0.246 e. The number of guanidine groups is 1. The molecule has 138 valence electrons. The molecule has 2 aromatic carbocycles. The summed E-state index contributed by atoms with van der Waals surface area (Å²) in [4.78, 5) is 16.3. The van der Waals surface area contributed by atoms with Crippen LogP contribution in [0.1, 0.15) is 13.3 Å². The molecule has 0 radical (unpaired) electrons. The summed E-state index contributed by atoms with van der Waals surface area (Å²) in [6.45, 7) is 4.10. The van der Waals surface area contributed by atoms with Gasteiger partial charge in [0, 0.05) is 18.8 Å². The standard InChI is InChI=1S/C20H26N4O2/c1-2-21-20(22-14-9-15-26-18-12-7-4-8-13-18)23-16-19(25)24-17-10-5-3-6-11-17/h3-8,10-13H,2,9,14-16H2,1H3,(H,24,25)(H2,21,22,23). The summed E-state index contributed by atoms with van der Waals surface area (Å²) < 4.78 is 5.65. The Hall–Kier alpha value is -3.02. The summed E-state index contributed by atoms with van der Waals surface area (Å²) in [5, 5.41) is 9.15. The number of amides is 1. The van der Waals surface area contributed by atoms with Gasteiger partial charge in [-0.3, -0.25) is 4.79 Å². The Balaban J connectivity index is 1.69. The highest BCUT2D eigenvalue weighted by atomic mass is 16.5. The SMILES string of the molecule is CCNC(=NCC(=O)Nc1ccccc1)NCCCOc1ccccc1. The quantitative estimate of drug-likeness (QED) is 0.368. The average molecular weight is 354 g/mol. The van der Waals surface area contributed by atoms with Crippen LogP contribution in [-0.4, -0.2) is 38.1 Å². The first-order chi connectivity index (χ1) is 12.8. The fraction of sp³-hybridized carbons (Fsp3) is 0.300. The molecule has 6 nitrogen and oxygen atoms in total. The van der Waals surface area contributed by atoms with Gasteiger partial charge in [0.2, 0.25) is 5.91 Å². The Bertz CT molecular complexity index is 675. The van der Waals surface area contributed by atoms with Gasteiger partial charge in [-0.05, 0) is 37.6 Å². The maximum atomic E-state index is 12.0. The van der Waals surface area contributed by atoms with E-state index in [0.717, 1.165) is 24.4 Å². The van der Waals surface area contributed by atoms with Crippen LogP contribution in [0.25, 0.3) is 0 Å². The number of rotatable bonds is 9. The molecular weight excluding hydrogens is 328 g/mol. The van der Waals surface area contributed by atoms with E-state index >= 15 is 0 Å². The summed E-state index contributed by atoms with van der Waals surface area (Å²) in [7, 11) is 0. The van der Waals surface area contributed by atoms with E-state index in [1.807, 2.05) is 67.6 Å². The molecule has 6 heteroatoms. The van der Waals surface area contributed by atoms with Crippen molar-refractivity contribution in [3.63, 3.8) is 0 Å². The van der Waals surface area contributed by atoms with E-state index in [2.05, 4.69) is 20.9 Å². The zero-order valence-electron chi connectivity index (χ0n) is 15.1. The zero-order chi connectivity index (χ0) is 18.5. The number of para-hydroxylation sites is 2. The van der Waals surface area contributed by atoms with Crippen molar-refractivity contribution in [3.05, 3.63) is 60.7 Å². The second kappa shape index (κ2) is 11.5. The van der Waals surface area contributed by atoms with Gasteiger partial charge in [0.25, 0.3) is 0 Å². The summed E-state index contributed by atoms with van der Waals surface area (Å²) in [6, 6.07) is 19.1. The topological polar surface area (TPSA) is 74.8 Å². The summed E-state index contributed by atoms with van der Waals surface area (Å²) in [5.41, 5.74) is 0.767. The molecule has 26 heavy (non-hydrogen) atoms. The molecule has 0 saturated heterocycles. The van der Waals surface area contributed by atoms with Crippen LogP contribution < -0.4 is 20.7 Å². The first-order valence-electron chi connectivity index (χ1n) is 8.83. The minimum absolute atomic E-state index is 0.0603. The first kappa shape index (κ1) is 19.3. The number of nitrogens with one attached hydrogen (secondary N) is 3. The van der Waals surface area contributed by atoms with Crippen molar-refractivity contribution >= 4 is 17.6 Å². The molecule has 2 aromatic rings. The van der Waals surface area contributed by atoms with Crippen LogP contribution in [0.4, 0.5) is 5.69 Å². The number of benzene rings is 2. The minimum Gasteiger partial charge on any atom is -0.494 e. The predicted molar refractivity (Wildman–Crippen MR) is 106 cm³/mol. The third-order valence-electron chi connectivity index (χ3n) is 3.41. The lowest BCUT2D eigenvalue weighted by Crippen LogP contribution is -2.38. The number of anilines is 1. The van der Waals surface area contributed by atoms with Crippen molar-refractivity contribution in [1.82, 2.24) is 10.6 Å². The maximum Gasteiger partial charge on any atom is 0.246 e. The molecule has 0 aromatic heterocycles. The van der Waals surface area contributed by atoms with Crippen LogP contribution in [0.5, 0.6) is 5.75 Å². The normalized spacial score (nSPS) is 10.9. The van der Waals surface area contributed by atoms with E-state index in [1.165, 1.54) is 0 Å². The molecule has 0 atom stereocenters. The third-order valence-corrected chi connectivity index (χ3v) is 3.41. The molecule has 0 aliphatic heterocycles. The largest absolute Gasteiger partial charge is 0.494 e. The van der Waals surface area contributed by atoms with Crippen molar-refractivity contribution in [2.45, 2.75) is 13.3 Å². The highest BCUT2D eigenvalue weighted by Gasteiger charge is 2.03. The van der Waals surface area contributed by atoms with E-state index in [-0.39, 0.29) is 12.5 Å². The van der Waals surface area contributed by atoms with Crippen LogP contribution in [0.2, 0.25) is 0 Å². The Kier molecular flexibility index (Phi) is 8.55. The second-order valence-corrected chi connectivity index (χ2v) is 5.55. The molecular formula is C20H26N4O2. The molecule has 0 heterocycles. The fourth-order valence-corrected chi connectivity index (χ4v) is 2.20. The van der Waals surface area contributed by atoms with Crippen LogP contribution in [0.3, 0.4) is 0 Å². The van der Waals surface area contributed by atoms with Crippen LogP contribution in [0.15, 0.2) is 65.7 Å². The van der Waals surface area contributed by atoms with Gasteiger partial charge in [-0.1, -0.05) is 36.4 Å². The molecule has 0 spiro atoms. The number of nitrogens with zero attached hydrogens (tertiary/aromatic N) is 1. The van der Waals surface area contributed by atoms with E-state index in [1.54, 1.807) is 0 Å². The van der Waals surface area contributed by atoms with Gasteiger partial charge < -0.3 is 20.7 Å². The van der Waals surface area contributed by atoms with E-state index < -0.39 is 0 Å². The minimum atomic E-state index is -0.152. The van der Waals surface area contributed by atoms with Crippen molar-refractivity contribution in [2.24, 2.45) is 4.99 Å². The van der Waals surface area contributed by atoms with Crippen molar-refractivity contribution in [2.75, 3.05) is 31.6 Å². The lowest BCUT2D eigenvalue weighted by molar-refractivity contribution is -0.114. The van der Waals surface area contributed by atoms with Crippen molar-refractivity contribution < 1.29 is 9.53 Å². The van der Waals surface area contributed by atoms with Crippen LogP contribution >= 0.6 is 0 Å². The van der Waals surface area contributed by atoms with Gasteiger partial charge in [-0.25, -0.2) is 4.99 Å². The van der Waals surface area contributed by atoms with Gasteiger partial charge in [0.05, 0.1) is 6.61 Å². The number of aliphatic imine (C=N–C) groups is 1. The molecule has 0 aliphatic carbocycles. The highest BCUT2D eigenvalue weighted by Crippen LogP contribution is 2.08. The molecule has 2 rings (SSSR count). The zero-order valence-corrected chi connectivity index (χ0v) is 15.1. The molecule has 3 N–H and O–H groups in total. The average Bonchev–Trinajstić information content (AvgIpc) is 2.67. The molecule has 1 amide bonds. The third kappa shape index (κ3) is 7.70. The van der Waals surface area contributed by atoms with Gasteiger partial charge in [-0.15, -0.1) is 0 Å². The Morgan fingerprint density at radius 1 is 1.00 bits per heavy atom. The van der Waals surface area contributed by atoms with Gasteiger partial charge in [0.1, 0.15) is 12.3 Å². The first-order valence-corrected chi connectivity index (χ1v) is 8.83. The van der Waals surface area contributed by atoms with E-state index in [0.29, 0.717) is 19.1 Å². The van der Waals surface area contributed by atoms with Gasteiger partial charge in [0.15, 0.2) is 5.96 Å². The Labute approximate surface area is 154 Å². The summed E-state index contributed by atoms with van der Waals surface area (Å²) >= 11 is 0. The van der Waals surface area contributed by atoms with E-state index in [4.69, 9.17) is 4.74 Å². The van der Waals surface area contributed by atoms with Gasteiger partial charge in [-0.2, -0.15) is 0 Å². The molecule has 0 bridgehead atoms. The molecule has 0 aliphatic rings. The van der Waals surface area contributed by atoms with Crippen molar-refractivity contribution in [1.29, 1.82) is 0 Å². The number of ether oxygens (including phenoxy) is 1. The maximum absolute atomic E-state index is 12.0.